The first-order chi connectivity index (χ1) is 9.65. The van der Waals surface area contributed by atoms with Gasteiger partial charge in [0.1, 0.15) is 0 Å². The summed E-state index contributed by atoms with van der Waals surface area (Å²) >= 11 is 0. The predicted octanol–water partition coefficient (Wildman–Crippen LogP) is 1.02. The first kappa shape index (κ1) is 15.1. The monoisotopic (exact) mass is 283 g/mol. The number of rotatable bonds is 8. The zero-order valence-corrected chi connectivity index (χ0v) is 11.9. The highest BCUT2D eigenvalue weighted by Gasteiger charge is 2.33. The zero-order valence-electron chi connectivity index (χ0n) is 11.9. The van der Waals surface area contributed by atoms with E-state index in [0.717, 1.165) is 25.8 Å². The Hall–Kier alpha value is -1.30. The number of carboxylic acid groups (broad SMARTS) is 1. The summed E-state index contributed by atoms with van der Waals surface area (Å²) in [5, 5.41) is 14.4. The third-order valence-electron chi connectivity index (χ3n) is 4.04. The van der Waals surface area contributed by atoms with Crippen LogP contribution < -0.4 is 10.6 Å². The van der Waals surface area contributed by atoms with Crippen molar-refractivity contribution in [1.29, 1.82) is 0 Å². The molecule has 6 nitrogen and oxygen atoms in total. The van der Waals surface area contributed by atoms with Crippen molar-refractivity contribution < 1.29 is 14.7 Å². The average molecular weight is 283 g/mol. The first-order valence-corrected chi connectivity index (χ1v) is 7.63. The van der Waals surface area contributed by atoms with Crippen molar-refractivity contribution in [2.45, 2.75) is 44.6 Å². The van der Waals surface area contributed by atoms with Gasteiger partial charge in [0.15, 0.2) is 0 Å². The number of aliphatic carboxylic acids is 1. The van der Waals surface area contributed by atoms with Gasteiger partial charge in [0.25, 0.3) is 0 Å². The molecule has 1 saturated heterocycles. The highest BCUT2D eigenvalue weighted by molar-refractivity contribution is 5.75. The molecule has 1 saturated carbocycles. The minimum absolute atomic E-state index is 0.0197. The van der Waals surface area contributed by atoms with Crippen LogP contribution in [0.4, 0.5) is 4.79 Å². The fourth-order valence-corrected chi connectivity index (χ4v) is 2.75. The molecule has 0 aromatic rings. The van der Waals surface area contributed by atoms with Gasteiger partial charge in [-0.1, -0.05) is 0 Å². The van der Waals surface area contributed by atoms with Gasteiger partial charge in [-0.15, -0.1) is 0 Å². The molecule has 1 aliphatic heterocycles. The van der Waals surface area contributed by atoms with E-state index in [2.05, 4.69) is 15.5 Å². The van der Waals surface area contributed by atoms with Gasteiger partial charge in [0.2, 0.25) is 0 Å². The number of nitrogens with zero attached hydrogens (tertiary/aromatic N) is 1. The van der Waals surface area contributed by atoms with E-state index in [4.69, 9.17) is 5.11 Å². The van der Waals surface area contributed by atoms with Crippen LogP contribution in [0.25, 0.3) is 0 Å². The van der Waals surface area contributed by atoms with Crippen molar-refractivity contribution >= 4 is 12.0 Å². The third kappa shape index (κ3) is 5.36. The maximum absolute atomic E-state index is 11.7. The second kappa shape index (κ2) is 7.47. The molecule has 0 spiro atoms. The topological polar surface area (TPSA) is 81.7 Å². The SMILES string of the molecule is O=C(O)CC(NC(=O)NCCCN1CCCC1)C1CC1. The Balaban J connectivity index is 1.57. The van der Waals surface area contributed by atoms with Gasteiger partial charge in [-0.3, -0.25) is 4.79 Å². The summed E-state index contributed by atoms with van der Waals surface area (Å²) in [6, 6.07) is -0.448. The number of carbonyl (C=O) groups excluding carboxylic acids is 1. The Morgan fingerprint density at radius 2 is 1.95 bits per heavy atom. The molecule has 1 unspecified atom stereocenters. The Labute approximate surface area is 119 Å². The van der Waals surface area contributed by atoms with Gasteiger partial charge in [0.05, 0.1) is 6.42 Å². The Bertz CT molecular complexity index is 339. The minimum atomic E-state index is -0.851. The average Bonchev–Trinajstić information content (AvgIpc) is 3.11. The summed E-state index contributed by atoms with van der Waals surface area (Å²) in [6.45, 7) is 4.03. The third-order valence-corrected chi connectivity index (χ3v) is 4.04. The van der Waals surface area contributed by atoms with Crippen molar-refractivity contribution in [3.05, 3.63) is 0 Å². The molecule has 2 aliphatic rings. The molecule has 2 rings (SSSR count). The van der Waals surface area contributed by atoms with Crippen molar-refractivity contribution in [1.82, 2.24) is 15.5 Å². The Kier molecular flexibility index (Phi) is 5.64. The summed E-state index contributed by atoms with van der Waals surface area (Å²) in [5.74, 6) is -0.502. The summed E-state index contributed by atoms with van der Waals surface area (Å²) < 4.78 is 0. The van der Waals surface area contributed by atoms with E-state index < -0.39 is 5.97 Å². The molecule has 0 radical (unpaired) electrons. The van der Waals surface area contributed by atoms with Gasteiger partial charge in [-0.05, 0) is 57.7 Å². The van der Waals surface area contributed by atoms with Gasteiger partial charge in [0, 0.05) is 12.6 Å². The van der Waals surface area contributed by atoms with Crippen molar-refractivity contribution in [2.75, 3.05) is 26.2 Å². The zero-order chi connectivity index (χ0) is 14.4. The maximum atomic E-state index is 11.7. The van der Waals surface area contributed by atoms with Crippen LogP contribution in [0.15, 0.2) is 0 Å². The van der Waals surface area contributed by atoms with Gasteiger partial charge < -0.3 is 20.6 Å². The lowest BCUT2D eigenvalue weighted by molar-refractivity contribution is -0.137. The number of urea groups is 1. The lowest BCUT2D eigenvalue weighted by Crippen LogP contribution is -2.44. The van der Waals surface area contributed by atoms with Crippen molar-refractivity contribution in [2.24, 2.45) is 5.92 Å². The molecule has 1 aliphatic carbocycles. The smallest absolute Gasteiger partial charge is 0.315 e. The van der Waals surface area contributed by atoms with Crippen LogP contribution in [0.1, 0.15) is 38.5 Å². The van der Waals surface area contributed by atoms with Gasteiger partial charge in [-0.25, -0.2) is 4.79 Å². The fraction of sp³-hybridized carbons (Fsp3) is 0.857. The molecule has 3 N–H and O–H groups in total. The second-order valence-electron chi connectivity index (χ2n) is 5.84. The molecule has 2 fully saturated rings. The molecule has 1 atom stereocenters. The van der Waals surface area contributed by atoms with Crippen LogP contribution in [-0.2, 0) is 4.79 Å². The van der Waals surface area contributed by atoms with E-state index in [9.17, 15) is 9.59 Å². The van der Waals surface area contributed by atoms with E-state index in [1.54, 1.807) is 0 Å². The second-order valence-corrected chi connectivity index (χ2v) is 5.84. The van der Waals surface area contributed by atoms with Crippen LogP contribution in [0, 0.1) is 5.92 Å². The standard InChI is InChI=1S/C14H25N3O3/c18-13(19)10-12(11-4-5-11)16-14(20)15-6-3-9-17-7-1-2-8-17/h11-12H,1-10H2,(H,18,19)(H2,15,16,20). The van der Waals surface area contributed by atoms with E-state index >= 15 is 0 Å². The fourth-order valence-electron chi connectivity index (χ4n) is 2.75. The number of hydrogen-bond acceptors (Lipinski definition) is 3. The minimum Gasteiger partial charge on any atom is -0.481 e. The first-order valence-electron chi connectivity index (χ1n) is 7.63. The molecule has 0 bridgehead atoms. The number of carbonyl (C=O) groups is 2. The van der Waals surface area contributed by atoms with Crippen LogP contribution in [0.5, 0.6) is 0 Å². The van der Waals surface area contributed by atoms with Crippen molar-refractivity contribution in [3.63, 3.8) is 0 Å². The lowest BCUT2D eigenvalue weighted by Gasteiger charge is -2.18. The molecular weight excluding hydrogens is 258 g/mol. The van der Waals surface area contributed by atoms with E-state index in [-0.39, 0.29) is 18.5 Å². The highest BCUT2D eigenvalue weighted by atomic mass is 16.4. The van der Waals surface area contributed by atoms with Crippen LogP contribution in [-0.4, -0.2) is 54.2 Å². The number of nitrogens with one attached hydrogen (secondary N) is 2. The Morgan fingerprint density at radius 1 is 1.25 bits per heavy atom. The van der Waals surface area contributed by atoms with Crippen LogP contribution in [0.2, 0.25) is 0 Å². The molecular formula is C14H25N3O3. The quantitative estimate of drug-likeness (QED) is 0.581. The number of likely N-dealkylation sites (tertiary alicyclic amines) is 1. The molecule has 114 valence electrons. The number of amides is 2. The maximum Gasteiger partial charge on any atom is 0.315 e. The van der Waals surface area contributed by atoms with Gasteiger partial charge in [-0.2, -0.15) is 0 Å². The molecule has 20 heavy (non-hydrogen) atoms. The molecule has 1 heterocycles. The Morgan fingerprint density at radius 3 is 2.55 bits per heavy atom. The van der Waals surface area contributed by atoms with Crippen LogP contribution in [0.3, 0.4) is 0 Å². The lowest BCUT2D eigenvalue weighted by atomic mass is 10.1. The predicted molar refractivity (Wildman–Crippen MR) is 75.6 cm³/mol. The molecule has 0 aromatic carbocycles. The summed E-state index contributed by atoms with van der Waals surface area (Å²) in [7, 11) is 0. The van der Waals surface area contributed by atoms with Gasteiger partial charge >= 0.3 is 12.0 Å². The van der Waals surface area contributed by atoms with E-state index in [1.165, 1.54) is 25.9 Å². The number of carboxylic acids is 1. The molecule has 6 heteroatoms. The molecule has 0 aromatic heterocycles. The summed E-state index contributed by atoms with van der Waals surface area (Å²) in [6.07, 6.45) is 5.57. The van der Waals surface area contributed by atoms with Crippen molar-refractivity contribution in [3.8, 4) is 0 Å². The summed E-state index contributed by atoms with van der Waals surface area (Å²) in [5.41, 5.74) is 0. The highest BCUT2D eigenvalue weighted by Crippen LogP contribution is 2.33. The van der Waals surface area contributed by atoms with E-state index in [1.807, 2.05) is 0 Å². The summed E-state index contributed by atoms with van der Waals surface area (Å²) in [4.78, 5) is 24.9. The largest absolute Gasteiger partial charge is 0.481 e. The number of hydrogen-bond donors (Lipinski definition) is 3. The molecule has 2 amide bonds. The van der Waals surface area contributed by atoms with E-state index in [0.29, 0.717) is 12.5 Å². The normalized spacial score (nSPS) is 20.6. The van der Waals surface area contributed by atoms with Crippen LogP contribution >= 0.6 is 0 Å².